The van der Waals surface area contributed by atoms with Crippen molar-refractivity contribution in [1.82, 2.24) is 4.90 Å². The van der Waals surface area contributed by atoms with Gasteiger partial charge in [-0.15, -0.1) is 0 Å². The molecule has 0 unspecified atom stereocenters. The minimum absolute atomic E-state index is 0.154. The molecule has 4 atom stereocenters. The highest BCUT2D eigenvalue weighted by Gasteiger charge is 2.42. The maximum atomic E-state index is 13.2. The first kappa shape index (κ1) is 29.9. The van der Waals surface area contributed by atoms with E-state index in [1.54, 1.807) is 48.5 Å². The molecule has 1 heterocycles. The van der Waals surface area contributed by atoms with Crippen molar-refractivity contribution in [2.75, 3.05) is 6.61 Å². The average molecular weight is 486 g/mol. The number of imide groups is 1. The predicted octanol–water partition coefficient (Wildman–Crippen LogP) is 4.75. The lowest BCUT2D eigenvalue weighted by atomic mass is 9.99. The normalized spacial score (nSPS) is 24.9. The van der Waals surface area contributed by atoms with Gasteiger partial charge >= 0.3 is 18.2 Å². The number of ether oxygens (including phenoxy) is 4. The van der Waals surface area contributed by atoms with Crippen LogP contribution in [0.4, 0.5) is 9.59 Å². The summed E-state index contributed by atoms with van der Waals surface area (Å²) >= 11 is 0. The van der Waals surface area contributed by atoms with Gasteiger partial charge in [0.05, 0.1) is 12.7 Å². The number of esters is 1. The van der Waals surface area contributed by atoms with Crippen LogP contribution in [-0.2, 0) is 23.7 Å². The summed E-state index contributed by atoms with van der Waals surface area (Å²) in [6.07, 6.45) is 1.92. The van der Waals surface area contributed by atoms with Crippen LogP contribution < -0.4 is 0 Å². The third-order valence-corrected chi connectivity index (χ3v) is 4.92. The molecule has 34 heavy (non-hydrogen) atoms. The van der Waals surface area contributed by atoms with E-state index in [1.165, 1.54) is 0 Å². The first-order valence-corrected chi connectivity index (χ1v) is 12.1. The Balaban J connectivity index is 3.20. The van der Waals surface area contributed by atoms with E-state index in [1.807, 2.05) is 19.1 Å². The van der Waals surface area contributed by atoms with E-state index in [9.17, 15) is 19.5 Å². The Morgan fingerprint density at radius 1 is 1.03 bits per heavy atom. The smallest absolute Gasteiger partial charge is 0.420 e. The van der Waals surface area contributed by atoms with Crippen molar-refractivity contribution in [3.8, 4) is 0 Å². The highest BCUT2D eigenvalue weighted by Crippen LogP contribution is 2.24. The number of hydrogen-bond acceptors (Lipinski definition) is 8. The summed E-state index contributed by atoms with van der Waals surface area (Å²) in [7, 11) is 0. The van der Waals surface area contributed by atoms with Crippen molar-refractivity contribution in [2.45, 2.75) is 123 Å². The molecule has 1 aliphatic rings. The van der Waals surface area contributed by atoms with Gasteiger partial charge in [0.15, 0.2) is 0 Å². The molecule has 0 bridgehead atoms. The molecule has 0 radical (unpaired) electrons. The summed E-state index contributed by atoms with van der Waals surface area (Å²) in [6.45, 7) is 13.9. The van der Waals surface area contributed by atoms with Gasteiger partial charge in [-0.2, -0.15) is 4.90 Å². The van der Waals surface area contributed by atoms with E-state index in [0.717, 1.165) is 6.42 Å². The molecule has 1 saturated heterocycles. The molecule has 1 N–H and O–H groups in total. The molecule has 0 spiro atoms. The number of aliphatic hydroxyl groups is 1. The third kappa shape index (κ3) is 10.4. The van der Waals surface area contributed by atoms with Crippen molar-refractivity contribution >= 4 is 18.2 Å². The van der Waals surface area contributed by atoms with Crippen LogP contribution in [0.5, 0.6) is 0 Å². The van der Waals surface area contributed by atoms with Crippen LogP contribution in [0.1, 0.15) is 87.5 Å². The second-order valence-electron chi connectivity index (χ2n) is 10.5. The van der Waals surface area contributed by atoms with E-state index in [-0.39, 0.29) is 13.0 Å². The number of carbonyl (C=O) groups is 3. The highest BCUT2D eigenvalue weighted by atomic mass is 16.6. The minimum atomic E-state index is -1.23. The Bertz CT molecular complexity index is 679. The quantitative estimate of drug-likeness (QED) is 0.337. The van der Waals surface area contributed by atoms with Crippen molar-refractivity contribution in [1.29, 1.82) is 0 Å². The van der Waals surface area contributed by atoms with Crippen LogP contribution in [-0.4, -0.2) is 70.3 Å². The summed E-state index contributed by atoms with van der Waals surface area (Å²) in [4.78, 5) is 39.9. The molecular formula is C25H43NO8. The number of amides is 2. The molecule has 2 amide bonds. The lowest BCUT2D eigenvalue weighted by Gasteiger charge is -2.35. The van der Waals surface area contributed by atoms with Crippen molar-refractivity contribution < 1.29 is 38.4 Å². The van der Waals surface area contributed by atoms with Gasteiger partial charge in [-0.25, -0.2) is 14.4 Å². The fourth-order valence-electron chi connectivity index (χ4n) is 3.45. The van der Waals surface area contributed by atoms with Gasteiger partial charge in [-0.3, -0.25) is 0 Å². The fourth-order valence-corrected chi connectivity index (χ4v) is 3.45. The molecule has 0 aromatic heterocycles. The van der Waals surface area contributed by atoms with Gasteiger partial charge in [0.2, 0.25) is 0 Å². The number of carbonyl (C=O) groups excluding carboxylic acids is 3. The van der Waals surface area contributed by atoms with E-state index in [4.69, 9.17) is 18.9 Å². The van der Waals surface area contributed by atoms with Gasteiger partial charge in [-0.1, -0.05) is 31.9 Å². The Morgan fingerprint density at radius 2 is 1.56 bits per heavy atom. The minimum Gasteiger partial charge on any atom is -0.458 e. The summed E-state index contributed by atoms with van der Waals surface area (Å²) in [6, 6.07) is -1.23. The second kappa shape index (κ2) is 13.1. The number of allylic oxidation sites excluding steroid dienone is 1. The molecule has 9 heteroatoms. The standard InChI is InChI=1S/C25H43NO8/c1-9-10-13-16-31-20-17(2)32-21(28)18(14-11-12-15-19(20)27)26(22(29)33-24(3,4)5)23(30)34-25(6,7)8/h10,13,17-20,27H,9,11-12,14-16H2,1-8H3/b13-10+/t17-,18-,19-,20-/m0/s1. The fraction of sp³-hybridized carbons (Fsp3) is 0.800. The van der Waals surface area contributed by atoms with Crippen molar-refractivity contribution in [3.05, 3.63) is 12.2 Å². The van der Waals surface area contributed by atoms with Gasteiger partial charge < -0.3 is 24.1 Å². The van der Waals surface area contributed by atoms with E-state index in [0.29, 0.717) is 24.2 Å². The van der Waals surface area contributed by atoms with Gasteiger partial charge in [0, 0.05) is 0 Å². The van der Waals surface area contributed by atoms with Crippen LogP contribution >= 0.6 is 0 Å². The summed E-state index contributed by atoms with van der Waals surface area (Å²) < 4.78 is 22.2. The average Bonchev–Trinajstić information content (AvgIpc) is 2.66. The first-order chi connectivity index (χ1) is 15.7. The number of rotatable bonds is 5. The molecule has 9 nitrogen and oxygen atoms in total. The van der Waals surface area contributed by atoms with Crippen LogP contribution in [0.25, 0.3) is 0 Å². The number of cyclic esters (lactones) is 1. The summed E-state index contributed by atoms with van der Waals surface area (Å²) in [5.74, 6) is -0.781. The van der Waals surface area contributed by atoms with Gasteiger partial charge in [0.1, 0.15) is 29.5 Å². The van der Waals surface area contributed by atoms with Gasteiger partial charge in [0.25, 0.3) is 0 Å². The second-order valence-corrected chi connectivity index (χ2v) is 10.5. The Morgan fingerprint density at radius 3 is 2.06 bits per heavy atom. The lowest BCUT2D eigenvalue weighted by Crippen LogP contribution is -2.54. The largest absolute Gasteiger partial charge is 0.458 e. The zero-order valence-electron chi connectivity index (χ0n) is 22.0. The van der Waals surface area contributed by atoms with Crippen LogP contribution in [0.2, 0.25) is 0 Å². The summed E-state index contributed by atoms with van der Waals surface area (Å²) in [5, 5.41) is 10.6. The molecule has 196 valence electrons. The molecule has 1 aliphatic heterocycles. The molecule has 0 aromatic carbocycles. The zero-order chi connectivity index (χ0) is 26.1. The lowest BCUT2D eigenvalue weighted by molar-refractivity contribution is -0.169. The molecular weight excluding hydrogens is 442 g/mol. The Hall–Kier alpha value is -2.13. The van der Waals surface area contributed by atoms with Crippen LogP contribution in [0.15, 0.2) is 12.2 Å². The Labute approximate surface area is 203 Å². The van der Waals surface area contributed by atoms with Crippen molar-refractivity contribution in [2.24, 2.45) is 0 Å². The van der Waals surface area contributed by atoms with Gasteiger partial charge in [-0.05, 0) is 67.7 Å². The molecule has 0 aromatic rings. The number of nitrogens with zero attached hydrogens (tertiary/aromatic N) is 1. The predicted molar refractivity (Wildman–Crippen MR) is 127 cm³/mol. The van der Waals surface area contributed by atoms with E-state index < -0.39 is 53.7 Å². The van der Waals surface area contributed by atoms with E-state index >= 15 is 0 Å². The molecule has 0 aliphatic carbocycles. The summed E-state index contributed by atoms with van der Waals surface area (Å²) in [5.41, 5.74) is -1.78. The third-order valence-electron chi connectivity index (χ3n) is 4.92. The zero-order valence-corrected chi connectivity index (χ0v) is 22.0. The molecule has 1 fully saturated rings. The Kier molecular flexibility index (Phi) is 11.5. The number of hydrogen-bond donors (Lipinski definition) is 1. The molecule has 1 rings (SSSR count). The first-order valence-electron chi connectivity index (χ1n) is 12.1. The van der Waals surface area contributed by atoms with Crippen LogP contribution in [0.3, 0.4) is 0 Å². The van der Waals surface area contributed by atoms with Crippen LogP contribution in [0, 0.1) is 0 Å². The SMILES string of the molecule is CC/C=C/CO[C@H]1[C@H](C)OC(=O)[C@@H](N(C(=O)OC(C)(C)C)C(=O)OC(C)(C)C)CCCC[C@@H]1O. The number of aliphatic hydroxyl groups excluding tert-OH is 1. The monoisotopic (exact) mass is 485 g/mol. The maximum absolute atomic E-state index is 13.2. The highest BCUT2D eigenvalue weighted by molar-refractivity contribution is 5.94. The van der Waals surface area contributed by atoms with E-state index in [2.05, 4.69) is 0 Å². The molecule has 0 saturated carbocycles. The maximum Gasteiger partial charge on any atom is 0.420 e. The van der Waals surface area contributed by atoms with Crippen molar-refractivity contribution in [3.63, 3.8) is 0 Å². The topological polar surface area (TPSA) is 112 Å².